The first-order valence-corrected chi connectivity index (χ1v) is 9.62. The lowest BCUT2D eigenvalue weighted by Gasteiger charge is -2.09. The van der Waals surface area contributed by atoms with Crippen molar-refractivity contribution in [2.75, 3.05) is 6.54 Å². The third kappa shape index (κ3) is 4.78. The summed E-state index contributed by atoms with van der Waals surface area (Å²) in [7, 11) is 0. The Morgan fingerprint density at radius 2 is 1.93 bits per heavy atom. The van der Waals surface area contributed by atoms with Crippen molar-refractivity contribution in [2.24, 2.45) is 0 Å². The third-order valence-corrected chi connectivity index (χ3v) is 4.81. The summed E-state index contributed by atoms with van der Waals surface area (Å²) >= 11 is 0. The van der Waals surface area contributed by atoms with E-state index in [9.17, 15) is 14.5 Å². The van der Waals surface area contributed by atoms with Crippen LogP contribution in [0.2, 0.25) is 0 Å². The normalized spacial score (nSPS) is 10.6. The van der Waals surface area contributed by atoms with Crippen molar-refractivity contribution >= 4 is 11.6 Å². The van der Waals surface area contributed by atoms with Gasteiger partial charge in [0.1, 0.15) is 5.69 Å². The summed E-state index contributed by atoms with van der Waals surface area (Å²) < 4.78 is 0. The molecule has 0 aliphatic heterocycles. The minimum absolute atomic E-state index is 0.109. The van der Waals surface area contributed by atoms with Gasteiger partial charge in [-0.15, -0.1) is 0 Å². The van der Waals surface area contributed by atoms with Gasteiger partial charge in [0.2, 0.25) is 0 Å². The van der Waals surface area contributed by atoms with E-state index in [-0.39, 0.29) is 27.8 Å². The molecule has 0 spiro atoms. The van der Waals surface area contributed by atoms with Crippen molar-refractivity contribution in [1.82, 2.24) is 15.3 Å². The first kappa shape index (κ1) is 20.9. The van der Waals surface area contributed by atoms with E-state index in [0.717, 1.165) is 11.1 Å². The number of aromatic amines is 1. The van der Waals surface area contributed by atoms with Crippen molar-refractivity contribution in [1.29, 1.82) is 0 Å². The van der Waals surface area contributed by atoms with Gasteiger partial charge in [-0.25, -0.2) is 10.2 Å². The van der Waals surface area contributed by atoms with Crippen LogP contribution in [0.25, 0.3) is 11.3 Å². The first-order chi connectivity index (χ1) is 14.4. The Balaban J connectivity index is 1.69. The van der Waals surface area contributed by atoms with Crippen LogP contribution in [0.4, 0.5) is 5.69 Å². The van der Waals surface area contributed by atoms with Crippen molar-refractivity contribution in [3.05, 3.63) is 86.3 Å². The van der Waals surface area contributed by atoms with Crippen LogP contribution in [0.5, 0.6) is 0 Å². The van der Waals surface area contributed by atoms with Gasteiger partial charge in [0.05, 0.1) is 10.6 Å². The molecule has 0 aliphatic rings. The second-order valence-corrected chi connectivity index (χ2v) is 6.87. The van der Waals surface area contributed by atoms with Gasteiger partial charge in [0.25, 0.3) is 16.4 Å². The van der Waals surface area contributed by atoms with E-state index in [4.69, 9.17) is 5.21 Å². The number of hydrogen-bond acceptors (Lipinski definition) is 4. The van der Waals surface area contributed by atoms with Gasteiger partial charge in [0, 0.05) is 35.5 Å². The summed E-state index contributed by atoms with van der Waals surface area (Å²) in [4.78, 5) is 42.4. The second-order valence-electron chi connectivity index (χ2n) is 6.87. The molecule has 0 aliphatic carbocycles. The Bertz CT molecular complexity index is 1140. The van der Waals surface area contributed by atoms with Gasteiger partial charge < -0.3 is 10.3 Å². The zero-order valence-electron chi connectivity index (χ0n) is 16.8. The molecule has 2 aromatic heterocycles. The zero-order valence-corrected chi connectivity index (χ0v) is 16.8. The summed E-state index contributed by atoms with van der Waals surface area (Å²) in [6, 6.07) is 13.5. The first-order valence-electron chi connectivity index (χ1n) is 9.62. The number of amides is 1. The van der Waals surface area contributed by atoms with Crippen LogP contribution < -0.4 is 10.9 Å². The summed E-state index contributed by atoms with van der Waals surface area (Å²) in [5, 5.41) is 11.7. The molecule has 3 aromatic rings. The van der Waals surface area contributed by atoms with Crippen molar-refractivity contribution < 1.29 is 14.9 Å². The largest absolute Gasteiger partial charge is 0.350 e. The average Bonchev–Trinajstić information content (AvgIpc) is 2.74. The maximum Gasteiger partial charge on any atom is 0.316 e. The fraction of sp³-hybridized carbons (Fsp3) is 0.227. The molecule has 3 rings (SSSR count). The Hall–Kier alpha value is -3.81. The number of hydrogen-bond donors (Lipinski definition) is 3. The van der Waals surface area contributed by atoms with E-state index >= 15 is 0 Å². The highest BCUT2D eigenvalue weighted by Gasteiger charge is 2.13. The highest BCUT2D eigenvalue weighted by molar-refractivity contribution is 5.92. The van der Waals surface area contributed by atoms with Crippen LogP contribution in [-0.4, -0.2) is 32.6 Å². The number of H-pyrrole nitrogens is 1. The van der Waals surface area contributed by atoms with Crippen LogP contribution in [0.1, 0.15) is 34.2 Å². The highest BCUT2D eigenvalue weighted by atomic mass is 16.6. The number of carbonyl (C=O) groups is 1. The number of pyridine rings is 2. The maximum absolute atomic E-state index is 12.5. The molecule has 2 heterocycles. The van der Waals surface area contributed by atoms with E-state index < -0.39 is 0 Å². The molecule has 3 N–H and O–H groups in total. The van der Waals surface area contributed by atoms with Gasteiger partial charge in [-0.05, 0) is 43.5 Å². The van der Waals surface area contributed by atoms with Crippen molar-refractivity contribution in [2.45, 2.75) is 26.7 Å². The van der Waals surface area contributed by atoms with Crippen LogP contribution in [0.3, 0.4) is 0 Å². The summed E-state index contributed by atoms with van der Waals surface area (Å²) in [6.45, 7) is 4.11. The van der Waals surface area contributed by atoms with Crippen LogP contribution >= 0.6 is 0 Å². The lowest BCUT2D eigenvalue weighted by molar-refractivity contribution is -0.729. The molecule has 0 saturated carbocycles. The fourth-order valence-electron chi connectivity index (χ4n) is 3.11. The molecule has 1 amide bonds. The molecule has 0 atom stereocenters. The number of nitrogens with zero attached hydrogens (tertiary/aromatic N) is 2. The van der Waals surface area contributed by atoms with E-state index in [1.54, 1.807) is 37.3 Å². The van der Waals surface area contributed by atoms with Gasteiger partial charge in [-0.2, -0.15) is 0 Å². The molecule has 1 aromatic carbocycles. The van der Waals surface area contributed by atoms with Gasteiger partial charge >= 0.3 is 5.69 Å². The molecule has 0 bridgehead atoms. The molecule has 8 heteroatoms. The lowest BCUT2D eigenvalue weighted by Crippen LogP contribution is -2.26. The van der Waals surface area contributed by atoms with E-state index in [0.29, 0.717) is 36.3 Å². The quantitative estimate of drug-likeness (QED) is 0.521. The standard InChI is InChI=1S/C22H22N4O4/c1-3-16-13-18(14(2)24-21(16)27)19-5-4-6-20(25-19)22(28)23-12-11-15-7-9-17(10-8-15)26(29)30/h4-10,13H,3,11-12H2,1-2H3,(H2-,23,24,25,27,28,29,30)/p+1. The predicted octanol–water partition coefficient (Wildman–Crippen LogP) is 3.08. The minimum atomic E-state index is -0.299. The topological polar surface area (TPSA) is 115 Å². The van der Waals surface area contributed by atoms with Crippen molar-refractivity contribution in [3.63, 3.8) is 0 Å². The van der Waals surface area contributed by atoms with Crippen LogP contribution in [0, 0.1) is 11.8 Å². The summed E-state index contributed by atoms with van der Waals surface area (Å²) in [5.74, 6) is -0.299. The van der Waals surface area contributed by atoms with Crippen LogP contribution in [0.15, 0.2) is 53.3 Å². The van der Waals surface area contributed by atoms with Gasteiger partial charge in [0.15, 0.2) is 0 Å². The second kappa shape index (κ2) is 9.13. The molecule has 0 fully saturated rings. The van der Waals surface area contributed by atoms with Gasteiger partial charge in [-0.1, -0.05) is 25.1 Å². The zero-order chi connectivity index (χ0) is 21.7. The third-order valence-electron chi connectivity index (χ3n) is 4.81. The van der Waals surface area contributed by atoms with Crippen LogP contribution in [-0.2, 0) is 12.8 Å². The Kier molecular flexibility index (Phi) is 6.36. The summed E-state index contributed by atoms with van der Waals surface area (Å²) in [6.07, 6.45) is 1.17. The molecular formula is C22H23N4O4+. The molecule has 0 unspecified atom stereocenters. The fourth-order valence-corrected chi connectivity index (χ4v) is 3.11. The van der Waals surface area contributed by atoms with E-state index in [2.05, 4.69) is 15.3 Å². The summed E-state index contributed by atoms with van der Waals surface area (Å²) in [5.41, 5.74) is 4.01. The highest BCUT2D eigenvalue weighted by Crippen LogP contribution is 2.20. The van der Waals surface area contributed by atoms with Gasteiger partial charge in [-0.3, -0.25) is 9.59 Å². The van der Waals surface area contributed by atoms with E-state index in [1.165, 1.54) is 12.1 Å². The maximum atomic E-state index is 12.5. The molecule has 30 heavy (non-hydrogen) atoms. The SMILES string of the molecule is CCc1cc(-c2cccc(C(=O)NCCc3ccc([N+](=O)O)cc3)n2)c(C)[nH]c1=O. The number of carbonyl (C=O) groups excluding carboxylic acids is 1. The smallest absolute Gasteiger partial charge is 0.316 e. The molecular weight excluding hydrogens is 384 g/mol. The monoisotopic (exact) mass is 407 g/mol. The Morgan fingerprint density at radius 3 is 2.60 bits per heavy atom. The number of rotatable bonds is 7. The lowest BCUT2D eigenvalue weighted by atomic mass is 10.1. The van der Waals surface area contributed by atoms with Crippen molar-refractivity contribution in [3.8, 4) is 11.3 Å². The molecule has 0 radical (unpaired) electrons. The number of nitrogens with one attached hydrogen (secondary N) is 2. The molecule has 154 valence electrons. The average molecular weight is 407 g/mol. The Labute approximate surface area is 173 Å². The predicted molar refractivity (Wildman–Crippen MR) is 112 cm³/mol. The molecule has 8 nitrogen and oxygen atoms in total. The number of aryl methyl sites for hydroxylation is 2. The Morgan fingerprint density at radius 1 is 1.20 bits per heavy atom. The minimum Gasteiger partial charge on any atom is -0.350 e. The van der Waals surface area contributed by atoms with E-state index in [1.807, 2.05) is 13.0 Å². The number of aromatic nitrogens is 2. The number of benzene rings is 1. The molecule has 0 saturated heterocycles.